The predicted octanol–water partition coefficient (Wildman–Crippen LogP) is 2.23. The van der Waals surface area contributed by atoms with E-state index in [-0.39, 0.29) is 30.7 Å². The van der Waals surface area contributed by atoms with Crippen molar-refractivity contribution in [2.45, 2.75) is 38.6 Å². The zero-order valence-corrected chi connectivity index (χ0v) is 14.2. The van der Waals surface area contributed by atoms with Crippen LogP contribution in [0.2, 0.25) is 0 Å². The smallest absolute Gasteiger partial charge is 0.226 e. The first-order chi connectivity index (χ1) is 11.6. The van der Waals surface area contributed by atoms with Crippen molar-refractivity contribution in [1.29, 1.82) is 0 Å². The van der Waals surface area contributed by atoms with E-state index in [9.17, 15) is 9.59 Å². The van der Waals surface area contributed by atoms with Gasteiger partial charge in [-0.25, -0.2) is 0 Å². The number of carbonyl (C=O) groups is 2. The summed E-state index contributed by atoms with van der Waals surface area (Å²) in [7, 11) is 0. The first-order valence-corrected chi connectivity index (χ1v) is 8.79. The molecular weight excluding hydrogens is 326 g/mol. The maximum Gasteiger partial charge on any atom is 0.226 e. The maximum absolute atomic E-state index is 12.2. The third-order valence-corrected chi connectivity index (χ3v) is 4.43. The van der Waals surface area contributed by atoms with Crippen molar-refractivity contribution in [3.8, 4) is 0 Å². The van der Waals surface area contributed by atoms with E-state index in [1.165, 1.54) is 16.8 Å². The number of hydrogen-bond acceptors (Lipinski definition) is 6. The minimum absolute atomic E-state index is 0.0661. The van der Waals surface area contributed by atoms with Gasteiger partial charge in [0.25, 0.3) is 0 Å². The minimum Gasteiger partial charge on any atom is -0.347 e. The Balaban J connectivity index is 1.52. The maximum atomic E-state index is 12.2. The largest absolute Gasteiger partial charge is 0.347 e. The van der Waals surface area contributed by atoms with Crippen molar-refractivity contribution in [1.82, 2.24) is 20.5 Å². The van der Waals surface area contributed by atoms with Crippen LogP contribution in [-0.2, 0) is 9.59 Å². The molecule has 2 aromatic rings. The van der Waals surface area contributed by atoms with E-state index in [1.54, 1.807) is 0 Å². The Kier molecular flexibility index (Phi) is 5.14. The fraction of sp³-hybridized carbons (Fsp3) is 0.438. The lowest BCUT2D eigenvalue weighted by Crippen LogP contribution is -2.31. The molecule has 1 atom stereocenters. The molecule has 0 bridgehead atoms. The van der Waals surface area contributed by atoms with E-state index in [0.29, 0.717) is 11.0 Å². The average molecular weight is 345 g/mol. The molecule has 1 aliphatic carbocycles. The Morgan fingerprint density at radius 3 is 2.75 bits per heavy atom. The zero-order valence-electron chi connectivity index (χ0n) is 13.4. The average Bonchev–Trinajstić information content (AvgIpc) is 3.28. The van der Waals surface area contributed by atoms with Crippen LogP contribution in [0.4, 0.5) is 5.13 Å². The van der Waals surface area contributed by atoms with Crippen molar-refractivity contribution in [3.63, 3.8) is 0 Å². The van der Waals surface area contributed by atoms with Gasteiger partial charge in [0.05, 0.1) is 11.7 Å². The lowest BCUT2D eigenvalue weighted by Gasteiger charge is -2.18. The number of nitrogens with zero attached hydrogens (tertiary/aromatic N) is 3. The van der Waals surface area contributed by atoms with Gasteiger partial charge in [-0.3, -0.25) is 14.6 Å². The topological polar surface area (TPSA) is 96.9 Å². The highest BCUT2D eigenvalue weighted by Gasteiger charge is 2.34. The molecule has 3 rings (SSSR count). The molecular formula is C16H19N5O2S. The van der Waals surface area contributed by atoms with E-state index in [2.05, 4.69) is 25.8 Å². The lowest BCUT2D eigenvalue weighted by atomic mass is 10.1. The first-order valence-electron chi connectivity index (χ1n) is 7.91. The Bertz CT molecular complexity index is 715. The molecule has 24 heavy (non-hydrogen) atoms. The molecule has 1 unspecified atom stereocenters. The number of amides is 2. The Morgan fingerprint density at radius 2 is 2.08 bits per heavy atom. The fourth-order valence-electron chi connectivity index (χ4n) is 2.48. The summed E-state index contributed by atoms with van der Waals surface area (Å²) in [6.07, 6.45) is 2.44. The molecule has 1 aliphatic rings. The Morgan fingerprint density at radius 1 is 1.29 bits per heavy atom. The highest BCUT2D eigenvalue weighted by molar-refractivity contribution is 7.13. The van der Waals surface area contributed by atoms with Gasteiger partial charge in [-0.2, -0.15) is 0 Å². The van der Waals surface area contributed by atoms with Gasteiger partial charge in [-0.1, -0.05) is 17.4 Å². The Hall–Kier alpha value is -2.35. The third-order valence-electron chi connectivity index (χ3n) is 3.82. The summed E-state index contributed by atoms with van der Waals surface area (Å²) < 4.78 is 0. The van der Waals surface area contributed by atoms with Crippen LogP contribution >= 0.6 is 11.3 Å². The number of hydrogen-bond donors (Lipinski definition) is 2. The second-order valence-electron chi connectivity index (χ2n) is 5.88. The van der Waals surface area contributed by atoms with E-state index in [4.69, 9.17) is 0 Å². The molecule has 2 aromatic heterocycles. The normalized spacial score (nSPS) is 14.9. The number of aromatic nitrogens is 3. The molecule has 0 aromatic carbocycles. The predicted molar refractivity (Wildman–Crippen MR) is 90.4 cm³/mol. The van der Waals surface area contributed by atoms with Gasteiger partial charge in [0.2, 0.25) is 16.9 Å². The number of pyridine rings is 1. The minimum atomic E-state index is -0.237. The van der Waals surface area contributed by atoms with Crippen molar-refractivity contribution >= 4 is 28.3 Å². The molecule has 0 radical (unpaired) electrons. The number of aryl methyl sites for hydroxylation is 1. The summed E-state index contributed by atoms with van der Waals surface area (Å²) in [5.41, 5.74) is 3.37. The van der Waals surface area contributed by atoms with Crippen molar-refractivity contribution in [2.24, 2.45) is 5.92 Å². The molecule has 7 nitrogen and oxygen atoms in total. The summed E-state index contributed by atoms with van der Waals surface area (Å²) in [5, 5.41) is 13.5. The van der Waals surface area contributed by atoms with Crippen molar-refractivity contribution in [2.75, 3.05) is 5.32 Å². The van der Waals surface area contributed by atoms with Crippen molar-refractivity contribution < 1.29 is 9.59 Å². The fourth-order valence-corrected chi connectivity index (χ4v) is 2.94. The first kappa shape index (κ1) is 16.5. The van der Waals surface area contributed by atoms with Crippen LogP contribution in [0.25, 0.3) is 0 Å². The summed E-state index contributed by atoms with van der Waals surface area (Å²) in [4.78, 5) is 28.5. The molecule has 2 heterocycles. The van der Waals surface area contributed by atoms with E-state index >= 15 is 0 Å². The quantitative estimate of drug-likeness (QED) is 0.802. The standard InChI is InChI=1S/C16H19N5O2S/c1-10-3-2-4-12(18-10)15(11-5-6-11)19-13(22)7-8-14(23)20-16-21-17-9-24-16/h2-4,9,11,15H,5-8H2,1H3,(H,19,22)(H,20,21,23). The molecule has 0 aliphatic heterocycles. The van der Waals surface area contributed by atoms with Crippen LogP contribution in [0.3, 0.4) is 0 Å². The van der Waals surface area contributed by atoms with E-state index in [1.807, 2.05) is 25.1 Å². The van der Waals surface area contributed by atoms with Crippen LogP contribution in [-0.4, -0.2) is 27.0 Å². The Labute approximate surface area is 143 Å². The highest BCUT2D eigenvalue weighted by Crippen LogP contribution is 2.40. The summed E-state index contributed by atoms with van der Waals surface area (Å²) in [6.45, 7) is 1.94. The number of carbonyl (C=O) groups excluding carboxylic acids is 2. The van der Waals surface area contributed by atoms with E-state index < -0.39 is 0 Å². The summed E-state index contributed by atoms with van der Waals surface area (Å²) >= 11 is 1.24. The van der Waals surface area contributed by atoms with Gasteiger partial charge in [-0.05, 0) is 37.8 Å². The molecule has 2 N–H and O–H groups in total. The number of anilines is 1. The highest BCUT2D eigenvalue weighted by atomic mass is 32.1. The third kappa shape index (κ3) is 4.58. The van der Waals surface area contributed by atoms with Crippen LogP contribution in [0.1, 0.15) is 43.1 Å². The second-order valence-corrected chi connectivity index (χ2v) is 6.71. The molecule has 0 spiro atoms. The molecule has 0 saturated heterocycles. The number of nitrogens with one attached hydrogen (secondary N) is 2. The molecule has 2 amide bonds. The lowest BCUT2D eigenvalue weighted by molar-refractivity contribution is -0.125. The van der Waals surface area contributed by atoms with E-state index in [0.717, 1.165) is 24.2 Å². The molecule has 1 saturated carbocycles. The van der Waals surface area contributed by atoms with Gasteiger partial charge in [0.15, 0.2) is 0 Å². The van der Waals surface area contributed by atoms with Crippen LogP contribution in [0, 0.1) is 12.8 Å². The molecule has 1 fully saturated rings. The SMILES string of the molecule is Cc1cccc(C(NC(=O)CCC(=O)Nc2nncs2)C2CC2)n1. The molecule has 126 valence electrons. The van der Waals surface area contributed by atoms with Gasteiger partial charge in [-0.15, -0.1) is 10.2 Å². The summed E-state index contributed by atoms with van der Waals surface area (Å²) in [6, 6.07) is 5.77. The second kappa shape index (κ2) is 7.48. The van der Waals surface area contributed by atoms with Crippen LogP contribution < -0.4 is 10.6 Å². The number of rotatable bonds is 7. The zero-order chi connectivity index (χ0) is 16.9. The van der Waals surface area contributed by atoms with Crippen LogP contribution in [0.15, 0.2) is 23.7 Å². The van der Waals surface area contributed by atoms with Gasteiger partial charge in [0.1, 0.15) is 5.51 Å². The van der Waals surface area contributed by atoms with Crippen LogP contribution in [0.5, 0.6) is 0 Å². The molecule has 8 heteroatoms. The van der Waals surface area contributed by atoms with Gasteiger partial charge < -0.3 is 10.6 Å². The van der Waals surface area contributed by atoms with Gasteiger partial charge in [0, 0.05) is 18.5 Å². The van der Waals surface area contributed by atoms with Crippen molar-refractivity contribution in [3.05, 3.63) is 35.1 Å². The monoisotopic (exact) mass is 345 g/mol. The summed E-state index contributed by atoms with van der Waals surface area (Å²) in [5.74, 6) is 0.0691. The van der Waals surface area contributed by atoms with Gasteiger partial charge >= 0.3 is 0 Å².